The number of tetrazole rings is 1. The molecule has 1 heterocycles. The van der Waals surface area contributed by atoms with E-state index in [1.54, 1.807) is 24.3 Å². The van der Waals surface area contributed by atoms with Crippen molar-refractivity contribution in [3.8, 4) is 22.9 Å². The molecule has 0 aliphatic rings. The fraction of sp³-hybridized carbons (Fsp3) is 0.350. The Bertz CT molecular complexity index is 938. The quantitative estimate of drug-likeness (QED) is 0.244. The Kier molecular flexibility index (Phi) is 7.63. The zero-order chi connectivity index (χ0) is 22.4. The molecule has 2 aromatic carbocycles. The van der Waals surface area contributed by atoms with Gasteiger partial charge < -0.3 is 35.4 Å². The fourth-order valence-corrected chi connectivity index (χ4v) is 2.78. The van der Waals surface area contributed by atoms with Crippen LogP contribution in [-0.2, 0) is 0 Å². The lowest BCUT2D eigenvalue weighted by molar-refractivity contribution is -0.127. The Morgan fingerprint density at radius 1 is 0.806 bits per heavy atom. The first kappa shape index (κ1) is 22.7. The molecule has 0 radical (unpaired) electrons. The molecule has 1 unspecified atom stereocenters. The highest BCUT2D eigenvalue weighted by Crippen LogP contribution is 2.24. The summed E-state index contributed by atoms with van der Waals surface area (Å²) in [6.07, 6.45) is -8.73. The number of aliphatic hydroxyl groups is 6. The van der Waals surface area contributed by atoms with Gasteiger partial charge in [-0.15, -0.1) is 15.0 Å². The van der Waals surface area contributed by atoms with Gasteiger partial charge in [-0.25, -0.2) is 0 Å². The van der Waals surface area contributed by atoms with Crippen LogP contribution in [0, 0.1) is 0 Å². The van der Waals surface area contributed by atoms with Gasteiger partial charge in [-0.3, -0.25) is 0 Å². The van der Waals surface area contributed by atoms with Crippen LogP contribution in [0.25, 0.3) is 11.4 Å². The largest absolute Gasteiger partial charge is 0.457 e. The SMILES string of the molecule is OC[C@@H](O)[C@@H](O)[C@@H](O)[C@@H](O)CC(O)n1nnc(-c2ccc(Oc3ccccc3)cc2)n1. The van der Waals surface area contributed by atoms with Gasteiger partial charge in [0.2, 0.25) is 5.82 Å². The summed E-state index contributed by atoms with van der Waals surface area (Å²) in [6.45, 7) is -0.795. The van der Waals surface area contributed by atoms with Crippen LogP contribution in [-0.4, -0.2) is 81.9 Å². The Labute approximate surface area is 177 Å². The minimum atomic E-state index is -1.79. The average molecular weight is 432 g/mol. The van der Waals surface area contributed by atoms with Crippen LogP contribution in [0.1, 0.15) is 12.6 Å². The Morgan fingerprint density at radius 3 is 2.06 bits per heavy atom. The van der Waals surface area contributed by atoms with E-state index in [2.05, 4.69) is 15.4 Å². The lowest BCUT2D eigenvalue weighted by Crippen LogP contribution is -2.46. The van der Waals surface area contributed by atoms with Crippen molar-refractivity contribution in [1.29, 1.82) is 0 Å². The maximum Gasteiger partial charge on any atom is 0.205 e. The summed E-state index contributed by atoms with van der Waals surface area (Å²) in [5.41, 5.74) is 0.612. The van der Waals surface area contributed by atoms with Crippen LogP contribution in [0.5, 0.6) is 11.5 Å². The normalized spacial score (nSPS) is 16.3. The number of benzene rings is 2. The number of para-hydroxylation sites is 1. The van der Waals surface area contributed by atoms with Gasteiger partial charge in [-0.05, 0) is 41.6 Å². The second-order valence-corrected chi connectivity index (χ2v) is 6.89. The van der Waals surface area contributed by atoms with Gasteiger partial charge >= 0.3 is 0 Å². The Morgan fingerprint density at radius 2 is 1.42 bits per heavy atom. The third-order valence-corrected chi connectivity index (χ3v) is 4.56. The summed E-state index contributed by atoms with van der Waals surface area (Å²) < 4.78 is 5.72. The highest BCUT2D eigenvalue weighted by Gasteiger charge is 2.32. The van der Waals surface area contributed by atoms with E-state index in [1.807, 2.05) is 30.3 Å². The van der Waals surface area contributed by atoms with Gasteiger partial charge in [0.1, 0.15) is 29.8 Å². The zero-order valence-electron chi connectivity index (χ0n) is 16.4. The smallest absolute Gasteiger partial charge is 0.205 e. The number of hydrogen-bond acceptors (Lipinski definition) is 10. The van der Waals surface area contributed by atoms with Gasteiger partial charge in [0, 0.05) is 12.0 Å². The highest BCUT2D eigenvalue weighted by atomic mass is 16.5. The maximum absolute atomic E-state index is 10.2. The van der Waals surface area contributed by atoms with Crippen molar-refractivity contribution in [2.75, 3.05) is 6.61 Å². The summed E-state index contributed by atoms with van der Waals surface area (Å²) in [4.78, 5) is 0.856. The molecule has 0 fully saturated rings. The number of rotatable bonds is 10. The van der Waals surface area contributed by atoms with Crippen molar-refractivity contribution in [2.45, 2.75) is 37.1 Å². The van der Waals surface area contributed by atoms with Crippen molar-refractivity contribution in [1.82, 2.24) is 20.2 Å². The number of hydrogen-bond donors (Lipinski definition) is 6. The summed E-state index contributed by atoms with van der Waals surface area (Å²) in [6, 6.07) is 16.2. The minimum Gasteiger partial charge on any atom is -0.457 e. The van der Waals surface area contributed by atoms with Gasteiger partial charge in [0.15, 0.2) is 6.23 Å². The van der Waals surface area contributed by atoms with Gasteiger partial charge in [0.05, 0.1) is 12.7 Å². The molecule has 5 atom stereocenters. The van der Waals surface area contributed by atoms with Crippen LogP contribution < -0.4 is 4.74 Å². The third kappa shape index (κ3) is 5.82. The third-order valence-electron chi connectivity index (χ3n) is 4.56. The van der Waals surface area contributed by atoms with E-state index in [0.29, 0.717) is 17.1 Å². The molecular formula is C20H24N4O7. The van der Waals surface area contributed by atoms with Crippen LogP contribution in [0.2, 0.25) is 0 Å². The van der Waals surface area contributed by atoms with Gasteiger partial charge in [-0.1, -0.05) is 18.2 Å². The molecule has 3 rings (SSSR count). The molecular weight excluding hydrogens is 408 g/mol. The van der Waals surface area contributed by atoms with Gasteiger partial charge in [-0.2, -0.15) is 0 Å². The summed E-state index contributed by atoms with van der Waals surface area (Å²) >= 11 is 0. The molecule has 0 amide bonds. The zero-order valence-corrected chi connectivity index (χ0v) is 16.4. The van der Waals surface area contributed by atoms with E-state index in [1.165, 1.54) is 0 Å². The number of ether oxygens (including phenoxy) is 1. The molecule has 0 aliphatic carbocycles. The molecule has 0 bridgehead atoms. The maximum atomic E-state index is 10.2. The second-order valence-electron chi connectivity index (χ2n) is 6.89. The topological polar surface area (TPSA) is 174 Å². The molecule has 166 valence electrons. The van der Waals surface area contributed by atoms with E-state index >= 15 is 0 Å². The minimum absolute atomic E-state index is 0.219. The van der Waals surface area contributed by atoms with Gasteiger partial charge in [0.25, 0.3) is 0 Å². The Balaban J connectivity index is 1.61. The van der Waals surface area contributed by atoms with Crippen LogP contribution in [0.15, 0.2) is 54.6 Å². The van der Waals surface area contributed by atoms with E-state index in [4.69, 9.17) is 9.84 Å². The van der Waals surface area contributed by atoms with Crippen LogP contribution in [0.4, 0.5) is 0 Å². The molecule has 11 nitrogen and oxygen atoms in total. The summed E-state index contributed by atoms with van der Waals surface area (Å²) in [5.74, 6) is 1.53. The number of aromatic nitrogens is 4. The molecule has 31 heavy (non-hydrogen) atoms. The predicted octanol–water partition coefficient (Wildman–Crippen LogP) is -0.551. The van der Waals surface area contributed by atoms with E-state index in [0.717, 1.165) is 4.80 Å². The van der Waals surface area contributed by atoms with E-state index < -0.39 is 43.7 Å². The number of aliphatic hydroxyl groups excluding tert-OH is 6. The van der Waals surface area contributed by atoms with E-state index in [9.17, 15) is 25.5 Å². The molecule has 0 aliphatic heterocycles. The first-order valence-electron chi connectivity index (χ1n) is 9.53. The molecule has 1 aromatic heterocycles. The highest BCUT2D eigenvalue weighted by molar-refractivity contribution is 5.55. The standard InChI is InChI=1S/C20H24N4O7/c25-11-16(27)19(30)18(29)15(26)10-17(28)24-22-20(21-23-24)12-6-8-14(9-7-12)31-13-4-2-1-3-5-13/h1-9,15-19,25-30H,10-11H2/t15-,16+,17?,18-,19+/m0/s1. The molecule has 3 aromatic rings. The fourth-order valence-electron chi connectivity index (χ4n) is 2.78. The second kappa shape index (κ2) is 10.4. The average Bonchev–Trinajstić information content (AvgIpc) is 3.29. The first-order chi connectivity index (χ1) is 14.9. The van der Waals surface area contributed by atoms with Crippen LogP contribution >= 0.6 is 0 Å². The van der Waals surface area contributed by atoms with Crippen molar-refractivity contribution in [2.24, 2.45) is 0 Å². The first-order valence-corrected chi connectivity index (χ1v) is 9.53. The summed E-state index contributed by atoms with van der Waals surface area (Å²) in [5, 5.41) is 69.5. The molecule has 0 saturated heterocycles. The molecule has 11 heteroatoms. The molecule has 0 saturated carbocycles. The lowest BCUT2D eigenvalue weighted by atomic mass is 10.0. The van der Waals surface area contributed by atoms with Crippen molar-refractivity contribution >= 4 is 0 Å². The van der Waals surface area contributed by atoms with Crippen molar-refractivity contribution in [3.63, 3.8) is 0 Å². The van der Waals surface area contributed by atoms with Crippen LogP contribution in [0.3, 0.4) is 0 Å². The monoisotopic (exact) mass is 432 g/mol. The summed E-state index contributed by atoms with van der Waals surface area (Å²) in [7, 11) is 0. The van der Waals surface area contributed by atoms with Crippen molar-refractivity contribution < 1.29 is 35.4 Å². The predicted molar refractivity (Wildman–Crippen MR) is 107 cm³/mol. The lowest BCUT2D eigenvalue weighted by Gasteiger charge is -2.26. The van der Waals surface area contributed by atoms with Crippen molar-refractivity contribution in [3.05, 3.63) is 54.6 Å². The molecule has 6 N–H and O–H groups in total. The number of nitrogens with zero attached hydrogens (tertiary/aromatic N) is 4. The molecule has 0 spiro atoms. The van der Waals surface area contributed by atoms with E-state index in [-0.39, 0.29) is 5.82 Å². The Hall–Kier alpha value is -2.93.